The second-order valence-electron chi connectivity index (χ2n) is 6.27. The summed E-state index contributed by atoms with van der Waals surface area (Å²) in [5.41, 5.74) is -1.04. The number of likely N-dealkylation sites (N-methyl/N-ethyl adjacent to an activating group) is 1. The van der Waals surface area contributed by atoms with E-state index in [1.165, 1.54) is 4.90 Å². The molecule has 1 N–H and O–H groups in total. The molecule has 3 nitrogen and oxygen atoms in total. The highest BCUT2D eigenvalue weighted by Crippen LogP contribution is 2.40. The molecule has 1 aliphatic rings. The summed E-state index contributed by atoms with van der Waals surface area (Å²) in [5.74, 6) is -2.20. The first-order chi connectivity index (χ1) is 9.04. The molecule has 1 rings (SSSR count). The van der Waals surface area contributed by atoms with Gasteiger partial charge in [-0.2, -0.15) is 13.2 Å². The second kappa shape index (κ2) is 6.33. The van der Waals surface area contributed by atoms with E-state index in [0.717, 1.165) is 0 Å². The summed E-state index contributed by atoms with van der Waals surface area (Å²) >= 11 is 0. The van der Waals surface area contributed by atoms with Crippen molar-refractivity contribution in [1.29, 1.82) is 0 Å². The monoisotopic (exact) mass is 295 g/mol. The minimum atomic E-state index is -4.22. The summed E-state index contributed by atoms with van der Waals surface area (Å²) in [4.78, 5) is 13.8. The molecule has 0 aromatic carbocycles. The molecule has 0 heterocycles. The van der Waals surface area contributed by atoms with Crippen LogP contribution in [0.2, 0.25) is 0 Å². The quantitative estimate of drug-likeness (QED) is 0.866. The van der Waals surface area contributed by atoms with E-state index in [4.69, 9.17) is 0 Å². The Hall–Kier alpha value is -0.780. The minimum absolute atomic E-state index is 0.116. The van der Waals surface area contributed by atoms with Crippen LogP contribution < -0.4 is 0 Å². The molecule has 2 atom stereocenters. The van der Waals surface area contributed by atoms with Gasteiger partial charge in [0.1, 0.15) is 0 Å². The fourth-order valence-corrected chi connectivity index (χ4v) is 2.78. The van der Waals surface area contributed by atoms with Gasteiger partial charge in [-0.15, -0.1) is 0 Å². The molecular weight excluding hydrogens is 271 g/mol. The van der Waals surface area contributed by atoms with E-state index in [2.05, 4.69) is 0 Å². The molecule has 118 valence electrons. The average Bonchev–Trinajstić information content (AvgIpc) is 2.33. The van der Waals surface area contributed by atoms with Crippen molar-refractivity contribution in [2.75, 3.05) is 13.1 Å². The van der Waals surface area contributed by atoms with Gasteiger partial charge in [0.05, 0.1) is 11.5 Å². The smallest absolute Gasteiger partial charge is 0.389 e. The lowest BCUT2D eigenvalue weighted by atomic mass is 9.80. The lowest BCUT2D eigenvalue weighted by Gasteiger charge is -2.35. The third-order valence-corrected chi connectivity index (χ3v) is 3.76. The van der Waals surface area contributed by atoms with Gasteiger partial charge in [-0.25, -0.2) is 0 Å². The van der Waals surface area contributed by atoms with Crippen molar-refractivity contribution in [2.24, 2.45) is 11.8 Å². The highest BCUT2D eigenvalue weighted by molar-refractivity contribution is 5.79. The van der Waals surface area contributed by atoms with Gasteiger partial charge in [0.2, 0.25) is 5.91 Å². The van der Waals surface area contributed by atoms with Gasteiger partial charge >= 0.3 is 6.18 Å². The van der Waals surface area contributed by atoms with Crippen molar-refractivity contribution in [3.8, 4) is 0 Å². The zero-order valence-corrected chi connectivity index (χ0v) is 12.3. The second-order valence-corrected chi connectivity index (χ2v) is 6.27. The first-order valence-corrected chi connectivity index (χ1v) is 7.12. The molecule has 6 heteroatoms. The summed E-state index contributed by atoms with van der Waals surface area (Å²) in [6.45, 7) is 5.49. The Bertz CT molecular complexity index is 336. The predicted molar refractivity (Wildman–Crippen MR) is 70.1 cm³/mol. The largest absolute Gasteiger partial charge is 0.391 e. The lowest BCUT2D eigenvalue weighted by Crippen LogP contribution is -2.46. The van der Waals surface area contributed by atoms with Gasteiger partial charge in [0.15, 0.2) is 0 Å². The molecule has 1 amide bonds. The molecule has 0 saturated heterocycles. The van der Waals surface area contributed by atoms with Gasteiger partial charge in [-0.1, -0.05) is 6.42 Å². The van der Waals surface area contributed by atoms with Gasteiger partial charge in [-0.3, -0.25) is 4.79 Å². The summed E-state index contributed by atoms with van der Waals surface area (Å²) in [5, 5.41) is 9.77. The maximum Gasteiger partial charge on any atom is 0.391 e. The van der Waals surface area contributed by atoms with Crippen LogP contribution in [0.3, 0.4) is 0 Å². The normalized spacial score (nSPS) is 24.6. The number of carbonyl (C=O) groups is 1. The van der Waals surface area contributed by atoms with Gasteiger partial charge in [0, 0.05) is 19.0 Å². The Kier molecular flexibility index (Phi) is 5.46. The molecule has 0 aromatic heterocycles. The van der Waals surface area contributed by atoms with E-state index in [1.54, 1.807) is 20.8 Å². The van der Waals surface area contributed by atoms with Crippen LogP contribution in [0, 0.1) is 11.8 Å². The van der Waals surface area contributed by atoms with Crippen LogP contribution in [-0.4, -0.2) is 40.8 Å². The molecule has 1 fully saturated rings. The van der Waals surface area contributed by atoms with Crippen LogP contribution in [0.15, 0.2) is 0 Å². The molecule has 1 saturated carbocycles. The number of hydrogen-bond acceptors (Lipinski definition) is 2. The SMILES string of the molecule is CCN(CC(C)(C)O)C(=O)C1CCCC(C(F)(F)F)C1. The number of halogens is 3. The van der Waals surface area contributed by atoms with Gasteiger partial charge in [0.25, 0.3) is 0 Å². The van der Waals surface area contributed by atoms with Crippen LogP contribution in [0.1, 0.15) is 46.5 Å². The van der Waals surface area contributed by atoms with E-state index < -0.39 is 23.6 Å². The third kappa shape index (κ3) is 4.96. The maximum absolute atomic E-state index is 12.8. The Morgan fingerprint density at radius 2 is 1.90 bits per heavy atom. The molecular formula is C14H24F3NO2. The molecule has 0 spiro atoms. The number of rotatable bonds is 4. The van der Waals surface area contributed by atoms with Crippen LogP contribution in [0.5, 0.6) is 0 Å². The Morgan fingerprint density at radius 3 is 2.35 bits per heavy atom. The van der Waals surface area contributed by atoms with Crippen molar-refractivity contribution in [2.45, 2.75) is 58.2 Å². The average molecular weight is 295 g/mol. The molecule has 2 unspecified atom stereocenters. The van der Waals surface area contributed by atoms with E-state index >= 15 is 0 Å². The van der Waals surface area contributed by atoms with Crippen molar-refractivity contribution >= 4 is 5.91 Å². The molecule has 0 radical (unpaired) electrons. The fraction of sp³-hybridized carbons (Fsp3) is 0.929. The van der Waals surface area contributed by atoms with Crippen LogP contribution >= 0.6 is 0 Å². The fourth-order valence-electron chi connectivity index (χ4n) is 2.78. The number of nitrogens with zero attached hydrogens (tertiary/aromatic N) is 1. The van der Waals surface area contributed by atoms with Gasteiger partial charge in [-0.05, 0) is 40.0 Å². The van der Waals surface area contributed by atoms with Crippen LogP contribution in [0.25, 0.3) is 0 Å². The van der Waals surface area contributed by atoms with Crippen LogP contribution in [-0.2, 0) is 4.79 Å². The molecule has 20 heavy (non-hydrogen) atoms. The zero-order chi connectivity index (χ0) is 15.6. The first-order valence-electron chi connectivity index (χ1n) is 7.12. The topological polar surface area (TPSA) is 40.5 Å². The summed E-state index contributed by atoms with van der Waals surface area (Å²) in [6, 6.07) is 0. The molecule has 0 bridgehead atoms. The maximum atomic E-state index is 12.8. The summed E-state index contributed by atoms with van der Waals surface area (Å²) < 4.78 is 38.3. The highest BCUT2D eigenvalue weighted by Gasteiger charge is 2.44. The predicted octanol–water partition coefficient (Wildman–Crippen LogP) is 2.97. The van der Waals surface area contributed by atoms with E-state index in [1.807, 2.05) is 0 Å². The zero-order valence-electron chi connectivity index (χ0n) is 12.3. The van der Waals surface area contributed by atoms with Crippen molar-refractivity contribution in [1.82, 2.24) is 4.90 Å². The van der Waals surface area contributed by atoms with Crippen LogP contribution in [0.4, 0.5) is 13.2 Å². The minimum Gasteiger partial charge on any atom is -0.389 e. The standard InChI is InChI=1S/C14H24F3NO2/c1-4-18(9-13(2,3)20)12(19)10-6-5-7-11(8-10)14(15,16)17/h10-11,20H,4-9H2,1-3H3. The molecule has 0 aromatic rings. The third-order valence-electron chi connectivity index (χ3n) is 3.76. The number of amides is 1. The summed E-state index contributed by atoms with van der Waals surface area (Å²) in [7, 11) is 0. The Labute approximate surface area is 118 Å². The van der Waals surface area contributed by atoms with Crippen molar-refractivity contribution in [3.63, 3.8) is 0 Å². The molecule has 0 aliphatic heterocycles. The van der Waals surface area contributed by atoms with E-state index in [-0.39, 0.29) is 25.3 Å². The number of carbonyl (C=O) groups excluding carboxylic acids is 1. The van der Waals surface area contributed by atoms with Crippen molar-refractivity contribution < 1.29 is 23.1 Å². The lowest BCUT2D eigenvalue weighted by molar-refractivity contribution is -0.187. The molecule has 1 aliphatic carbocycles. The highest BCUT2D eigenvalue weighted by atomic mass is 19.4. The number of alkyl halides is 3. The number of hydrogen-bond donors (Lipinski definition) is 1. The number of aliphatic hydroxyl groups is 1. The van der Waals surface area contributed by atoms with Gasteiger partial charge < -0.3 is 10.0 Å². The van der Waals surface area contributed by atoms with E-state index in [0.29, 0.717) is 19.4 Å². The first kappa shape index (κ1) is 17.3. The van der Waals surface area contributed by atoms with Crippen molar-refractivity contribution in [3.05, 3.63) is 0 Å². The van der Waals surface area contributed by atoms with E-state index in [9.17, 15) is 23.1 Å². The Morgan fingerprint density at radius 1 is 1.30 bits per heavy atom. The Balaban J connectivity index is 2.70. The summed E-state index contributed by atoms with van der Waals surface area (Å²) in [6.07, 6.45) is -3.28.